The Morgan fingerprint density at radius 1 is 0.348 bits per heavy atom. The van der Waals surface area contributed by atoms with Gasteiger partial charge in [0.25, 0.3) is 0 Å². The van der Waals surface area contributed by atoms with E-state index in [1.165, 1.54) is 33.4 Å². The molecule has 0 spiro atoms. The average Bonchev–Trinajstić information content (AvgIpc) is 3.83. The summed E-state index contributed by atoms with van der Waals surface area (Å²) in [4.78, 5) is 9.81. The van der Waals surface area contributed by atoms with Crippen LogP contribution in [0.5, 0.6) is 0 Å². The zero-order chi connectivity index (χ0) is 30.5. The van der Waals surface area contributed by atoms with E-state index in [0.29, 0.717) is 0 Å². The summed E-state index contributed by atoms with van der Waals surface area (Å²) in [5.74, 6) is 1.91. The van der Waals surface area contributed by atoms with Crippen LogP contribution in [0.4, 0.5) is 0 Å². The van der Waals surface area contributed by atoms with Gasteiger partial charge in [0.05, 0.1) is 44.1 Å². The number of hydrogen-bond donors (Lipinski definition) is 0. The molecule has 0 aliphatic rings. The molecule has 218 valence electrons. The summed E-state index contributed by atoms with van der Waals surface area (Å²) in [6.45, 7) is 0. The second-order valence-corrected chi connectivity index (χ2v) is 12.2. The predicted molar refractivity (Wildman–Crippen MR) is 188 cm³/mol. The van der Waals surface area contributed by atoms with Gasteiger partial charge in [-0.3, -0.25) is 8.80 Å². The van der Waals surface area contributed by atoms with Crippen molar-refractivity contribution in [3.05, 3.63) is 133 Å². The third kappa shape index (κ3) is 3.46. The number of imidazole rings is 4. The van der Waals surface area contributed by atoms with Crippen molar-refractivity contribution in [3.63, 3.8) is 0 Å². The molecular weight excluding hydrogens is 564 g/mol. The van der Waals surface area contributed by atoms with E-state index in [-0.39, 0.29) is 0 Å². The maximum absolute atomic E-state index is 4.90. The standard InChI is InChI=1S/C40H28N6/c1-43-35-19-17-29(23-37(35)45-33-15-5-3-13-31(33)41-39(43)45)27-11-7-9-25(21-27)26-10-8-12-28(22-26)30-18-20-36-38(24-30)46-34-16-6-4-14-32(34)42-40(46)44(36)2/h3-24H,1-2H3. The van der Waals surface area contributed by atoms with E-state index < -0.39 is 0 Å². The van der Waals surface area contributed by atoms with Crippen molar-refractivity contribution < 1.29 is 0 Å². The number of rotatable bonds is 3. The van der Waals surface area contributed by atoms with Crippen molar-refractivity contribution in [1.82, 2.24) is 27.9 Å². The zero-order valence-electron chi connectivity index (χ0n) is 25.4. The van der Waals surface area contributed by atoms with Crippen LogP contribution in [0.1, 0.15) is 0 Å². The van der Waals surface area contributed by atoms with E-state index >= 15 is 0 Å². The Hall–Kier alpha value is -6.14. The molecule has 10 rings (SSSR count). The van der Waals surface area contributed by atoms with Crippen LogP contribution in [0.25, 0.3) is 89.1 Å². The molecule has 10 aromatic rings. The SMILES string of the molecule is Cn1c2ccc(-c3cccc(-c4cccc(-c5ccc6c(c5)n5c7ccccc7nc5n6C)c4)c3)cc2n2c3ccccc3nc12. The van der Waals surface area contributed by atoms with Gasteiger partial charge in [-0.15, -0.1) is 0 Å². The fraction of sp³-hybridized carbons (Fsp3) is 0.0500. The van der Waals surface area contributed by atoms with Crippen LogP contribution in [0.15, 0.2) is 133 Å². The van der Waals surface area contributed by atoms with Gasteiger partial charge in [0.1, 0.15) is 0 Å². The van der Waals surface area contributed by atoms with E-state index in [9.17, 15) is 0 Å². The summed E-state index contributed by atoms with van der Waals surface area (Å²) in [5.41, 5.74) is 16.0. The minimum absolute atomic E-state index is 0.953. The first-order chi connectivity index (χ1) is 22.6. The van der Waals surface area contributed by atoms with Crippen LogP contribution in [0, 0.1) is 0 Å². The van der Waals surface area contributed by atoms with Crippen LogP contribution in [-0.4, -0.2) is 27.9 Å². The van der Waals surface area contributed by atoms with Gasteiger partial charge < -0.3 is 9.13 Å². The fourth-order valence-corrected chi connectivity index (χ4v) is 7.26. The predicted octanol–water partition coefficient (Wildman–Crippen LogP) is 9.27. The summed E-state index contributed by atoms with van der Waals surface area (Å²) in [5, 5.41) is 0. The summed E-state index contributed by atoms with van der Waals surface area (Å²) < 4.78 is 8.89. The molecule has 0 unspecified atom stereocenters. The van der Waals surface area contributed by atoms with Gasteiger partial charge in [-0.05, 0) is 94.0 Å². The molecule has 0 bridgehead atoms. The van der Waals surface area contributed by atoms with Crippen LogP contribution in [0.2, 0.25) is 0 Å². The molecule has 46 heavy (non-hydrogen) atoms. The topological polar surface area (TPSA) is 44.5 Å². The highest BCUT2D eigenvalue weighted by Crippen LogP contribution is 2.34. The van der Waals surface area contributed by atoms with Gasteiger partial charge in [-0.1, -0.05) is 72.8 Å². The molecule has 0 saturated carbocycles. The lowest BCUT2D eigenvalue weighted by Crippen LogP contribution is -1.88. The Bertz CT molecular complexity index is 2640. The maximum atomic E-state index is 4.90. The number of aryl methyl sites for hydroxylation is 2. The van der Waals surface area contributed by atoms with Crippen LogP contribution < -0.4 is 0 Å². The molecule has 4 heterocycles. The molecule has 0 atom stereocenters. The second-order valence-electron chi connectivity index (χ2n) is 12.2. The largest absolute Gasteiger partial charge is 0.313 e. The van der Waals surface area contributed by atoms with E-state index in [2.05, 4.69) is 153 Å². The lowest BCUT2D eigenvalue weighted by atomic mass is 9.96. The molecular formula is C40H28N6. The van der Waals surface area contributed by atoms with Crippen molar-refractivity contribution in [2.45, 2.75) is 0 Å². The van der Waals surface area contributed by atoms with Crippen molar-refractivity contribution in [3.8, 4) is 33.4 Å². The van der Waals surface area contributed by atoms with E-state index in [1.807, 2.05) is 12.1 Å². The molecule has 4 aromatic heterocycles. The fourth-order valence-electron chi connectivity index (χ4n) is 7.26. The average molecular weight is 593 g/mol. The second kappa shape index (κ2) is 9.19. The van der Waals surface area contributed by atoms with E-state index in [4.69, 9.17) is 9.97 Å². The molecule has 0 radical (unpaired) electrons. The quantitative estimate of drug-likeness (QED) is 0.205. The van der Waals surface area contributed by atoms with Crippen molar-refractivity contribution in [2.24, 2.45) is 14.1 Å². The molecule has 0 N–H and O–H groups in total. The first kappa shape index (κ1) is 25.2. The Morgan fingerprint density at radius 2 is 0.739 bits per heavy atom. The van der Waals surface area contributed by atoms with Crippen molar-refractivity contribution in [1.29, 1.82) is 0 Å². The third-order valence-corrected chi connectivity index (χ3v) is 9.57. The highest BCUT2D eigenvalue weighted by atomic mass is 15.2. The highest BCUT2D eigenvalue weighted by Gasteiger charge is 2.16. The molecule has 0 amide bonds. The molecule has 0 aliphatic heterocycles. The van der Waals surface area contributed by atoms with E-state index in [1.54, 1.807) is 0 Å². The summed E-state index contributed by atoms with van der Waals surface area (Å²) >= 11 is 0. The molecule has 6 nitrogen and oxygen atoms in total. The van der Waals surface area contributed by atoms with Gasteiger partial charge in [0.15, 0.2) is 0 Å². The first-order valence-electron chi connectivity index (χ1n) is 15.5. The summed E-state index contributed by atoms with van der Waals surface area (Å²) in [6.07, 6.45) is 0. The molecule has 0 saturated heterocycles. The van der Waals surface area contributed by atoms with Crippen molar-refractivity contribution in [2.75, 3.05) is 0 Å². The van der Waals surface area contributed by atoms with E-state index in [0.717, 1.165) is 55.7 Å². The van der Waals surface area contributed by atoms with Gasteiger partial charge >= 0.3 is 0 Å². The number of nitrogens with zero attached hydrogens (tertiary/aromatic N) is 6. The lowest BCUT2D eigenvalue weighted by Gasteiger charge is -2.09. The highest BCUT2D eigenvalue weighted by molar-refractivity contribution is 5.94. The van der Waals surface area contributed by atoms with Gasteiger partial charge in [-0.25, -0.2) is 9.97 Å². The Balaban J connectivity index is 1.07. The maximum Gasteiger partial charge on any atom is 0.215 e. The smallest absolute Gasteiger partial charge is 0.215 e. The lowest BCUT2D eigenvalue weighted by molar-refractivity contribution is 0.973. The van der Waals surface area contributed by atoms with Crippen molar-refractivity contribution >= 4 is 55.7 Å². The monoisotopic (exact) mass is 592 g/mol. The van der Waals surface area contributed by atoms with Crippen LogP contribution in [0.3, 0.4) is 0 Å². The first-order valence-corrected chi connectivity index (χ1v) is 15.5. The van der Waals surface area contributed by atoms with Gasteiger partial charge in [-0.2, -0.15) is 0 Å². The number of benzene rings is 6. The Kier molecular flexibility index (Phi) is 5.04. The summed E-state index contributed by atoms with van der Waals surface area (Å²) in [6, 6.07) is 47.8. The Labute approximate surface area is 264 Å². The molecule has 6 aromatic carbocycles. The van der Waals surface area contributed by atoms with Gasteiger partial charge in [0.2, 0.25) is 11.6 Å². The number of para-hydroxylation sites is 4. The van der Waals surface area contributed by atoms with Crippen LogP contribution in [-0.2, 0) is 14.1 Å². The number of hydrogen-bond acceptors (Lipinski definition) is 2. The number of aromatic nitrogens is 6. The normalized spacial score (nSPS) is 12.1. The van der Waals surface area contributed by atoms with Gasteiger partial charge in [0, 0.05) is 14.1 Å². The van der Waals surface area contributed by atoms with Crippen LogP contribution >= 0.6 is 0 Å². The summed E-state index contributed by atoms with van der Waals surface area (Å²) in [7, 11) is 4.18. The minimum Gasteiger partial charge on any atom is -0.313 e. The minimum atomic E-state index is 0.953. The Morgan fingerprint density at radius 3 is 1.17 bits per heavy atom. The molecule has 0 fully saturated rings. The third-order valence-electron chi connectivity index (χ3n) is 9.57. The number of fused-ring (bicyclic) bond motifs is 10. The molecule has 0 aliphatic carbocycles. The molecule has 6 heteroatoms. The zero-order valence-corrected chi connectivity index (χ0v) is 25.4.